The highest BCUT2D eigenvalue weighted by Crippen LogP contribution is 2.14. The van der Waals surface area contributed by atoms with E-state index in [-0.39, 0.29) is 11.3 Å². The largest absolute Gasteiger partial charge is 0.550 e. The van der Waals surface area contributed by atoms with Crippen molar-refractivity contribution in [3.05, 3.63) is 21.9 Å². The molecule has 0 saturated heterocycles. The Morgan fingerprint density at radius 2 is 1.39 bits per heavy atom. The number of carbonyl (C=O) groups is 1. The molecule has 0 aromatic carbocycles. The Hall–Kier alpha value is -1.39. The lowest BCUT2D eigenvalue weighted by Crippen LogP contribution is -2.21. The molecule has 0 radical (unpaired) electrons. The molecule has 0 atom stereocenters. The van der Waals surface area contributed by atoms with E-state index in [1.165, 1.54) is 25.7 Å². The van der Waals surface area contributed by atoms with Crippen molar-refractivity contribution in [1.82, 2.24) is 0 Å². The predicted octanol–water partition coefficient (Wildman–Crippen LogP) is 4.38. The van der Waals surface area contributed by atoms with Crippen LogP contribution in [0.25, 0.3) is 0 Å². The number of unbranched alkanes of at least 4 members (excludes halogenated alkanes) is 10. The van der Waals surface area contributed by atoms with Crippen LogP contribution in [0.15, 0.2) is 11.8 Å². The van der Waals surface area contributed by atoms with Crippen molar-refractivity contribution in [2.75, 3.05) is 0 Å². The summed E-state index contributed by atoms with van der Waals surface area (Å²) in [5, 5.41) is 21.3. The van der Waals surface area contributed by atoms with Crippen molar-refractivity contribution >= 4 is 5.97 Å². The third-order valence-electron chi connectivity index (χ3n) is 3.99. The van der Waals surface area contributed by atoms with E-state index in [9.17, 15) is 20.0 Å². The SMILES string of the molecule is CCCCCCCCC(=CCCCCCCCC(=O)[O-])[N+](=O)[O-]. The zero-order valence-electron chi connectivity index (χ0n) is 14.6. The van der Waals surface area contributed by atoms with Gasteiger partial charge in [-0.15, -0.1) is 0 Å². The maximum absolute atomic E-state index is 11.0. The molecule has 5 heteroatoms. The molecule has 0 aliphatic rings. The van der Waals surface area contributed by atoms with Crippen LogP contribution in [0.1, 0.15) is 96.8 Å². The number of nitro groups is 1. The van der Waals surface area contributed by atoms with Crippen molar-refractivity contribution in [1.29, 1.82) is 0 Å². The first-order valence-electron chi connectivity index (χ1n) is 9.11. The summed E-state index contributed by atoms with van der Waals surface area (Å²) in [5.41, 5.74) is 0.359. The maximum atomic E-state index is 11.0. The van der Waals surface area contributed by atoms with Gasteiger partial charge in [0, 0.05) is 12.4 Å². The maximum Gasteiger partial charge on any atom is 0.242 e. The van der Waals surface area contributed by atoms with Gasteiger partial charge in [0.25, 0.3) is 0 Å². The first-order chi connectivity index (χ1) is 11.1. The molecule has 134 valence electrons. The first kappa shape index (κ1) is 21.6. The van der Waals surface area contributed by atoms with E-state index >= 15 is 0 Å². The van der Waals surface area contributed by atoms with Crippen molar-refractivity contribution < 1.29 is 14.8 Å². The third kappa shape index (κ3) is 15.3. The quantitative estimate of drug-likeness (QED) is 0.239. The lowest BCUT2D eigenvalue weighted by Gasteiger charge is -2.02. The summed E-state index contributed by atoms with van der Waals surface area (Å²) in [6, 6.07) is 0. The predicted molar refractivity (Wildman–Crippen MR) is 90.4 cm³/mol. The van der Waals surface area contributed by atoms with E-state index in [4.69, 9.17) is 0 Å². The molecule has 0 aliphatic heterocycles. The van der Waals surface area contributed by atoms with Gasteiger partial charge in [-0.1, -0.05) is 58.3 Å². The van der Waals surface area contributed by atoms with E-state index in [2.05, 4.69) is 6.92 Å². The standard InChI is InChI=1S/C18H33NO4/c1-2-3-4-5-8-11-14-17(19(22)23)15-12-9-6-7-10-13-16-18(20)21/h15H,2-14,16H2,1H3,(H,20,21)/p-1. The Bertz CT molecular complexity index is 353. The molecule has 0 rings (SSSR count). The van der Waals surface area contributed by atoms with E-state index in [0.717, 1.165) is 44.9 Å². The van der Waals surface area contributed by atoms with Gasteiger partial charge >= 0.3 is 0 Å². The summed E-state index contributed by atoms with van der Waals surface area (Å²) in [7, 11) is 0. The lowest BCUT2D eigenvalue weighted by atomic mass is 10.1. The summed E-state index contributed by atoms with van der Waals surface area (Å²) in [6.45, 7) is 2.18. The van der Waals surface area contributed by atoms with Gasteiger partial charge in [-0.3, -0.25) is 10.1 Å². The number of allylic oxidation sites excluding steroid dienone is 2. The van der Waals surface area contributed by atoms with Gasteiger partial charge in [0.05, 0.1) is 4.92 Å². The van der Waals surface area contributed by atoms with Gasteiger partial charge in [0.2, 0.25) is 5.70 Å². The average molecular weight is 326 g/mol. The van der Waals surface area contributed by atoms with E-state index < -0.39 is 5.97 Å². The van der Waals surface area contributed by atoms with Gasteiger partial charge in [0.1, 0.15) is 0 Å². The molecule has 0 aliphatic carbocycles. The Morgan fingerprint density at radius 1 is 0.870 bits per heavy atom. The Morgan fingerprint density at radius 3 is 1.96 bits per heavy atom. The van der Waals surface area contributed by atoms with Crippen molar-refractivity contribution in [2.24, 2.45) is 0 Å². The van der Waals surface area contributed by atoms with Crippen LogP contribution in [0.4, 0.5) is 0 Å². The molecule has 23 heavy (non-hydrogen) atoms. The van der Waals surface area contributed by atoms with Gasteiger partial charge in [-0.05, 0) is 38.2 Å². The van der Waals surface area contributed by atoms with E-state index in [1.54, 1.807) is 6.08 Å². The molecule has 0 N–H and O–H groups in total. The molecule has 0 fully saturated rings. The van der Waals surface area contributed by atoms with Crippen molar-refractivity contribution in [3.63, 3.8) is 0 Å². The number of carboxylic acids is 1. The van der Waals surface area contributed by atoms with Crippen molar-refractivity contribution in [3.8, 4) is 0 Å². The molecule has 0 spiro atoms. The molecular formula is C18H32NO4-. The molecule has 0 aromatic heterocycles. The second kappa shape index (κ2) is 15.5. The van der Waals surface area contributed by atoms with Gasteiger partial charge in [-0.25, -0.2) is 0 Å². The van der Waals surface area contributed by atoms with Gasteiger partial charge in [-0.2, -0.15) is 0 Å². The van der Waals surface area contributed by atoms with Crippen LogP contribution in [0, 0.1) is 10.1 Å². The summed E-state index contributed by atoms with van der Waals surface area (Å²) < 4.78 is 0. The number of carboxylic acid groups (broad SMARTS) is 1. The van der Waals surface area contributed by atoms with Crippen LogP contribution >= 0.6 is 0 Å². The number of hydrogen-bond donors (Lipinski definition) is 0. The Kier molecular flexibility index (Phi) is 14.6. The molecule has 5 nitrogen and oxygen atoms in total. The zero-order valence-corrected chi connectivity index (χ0v) is 14.6. The summed E-state index contributed by atoms with van der Waals surface area (Å²) in [5.74, 6) is -0.988. The molecule has 0 heterocycles. The zero-order chi connectivity index (χ0) is 17.3. The van der Waals surface area contributed by atoms with Crippen LogP contribution in [-0.2, 0) is 4.79 Å². The van der Waals surface area contributed by atoms with Crippen LogP contribution < -0.4 is 5.11 Å². The van der Waals surface area contributed by atoms with Gasteiger partial charge in [0.15, 0.2) is 0 Å². The summed E-state index contributed by atoms with van der Waals surface area (Å²) >= 11 is 0. The summed E-state index contributed by atoms with van der Waals surface area (Å²) in [6.07, 6.45) is 14.5. The van der Waals surface area contributed by atoms with Crippen LogP contribution in [0.2, 0.25) is 0 Å². The fraction of sp³-hybridized carbons (Fsp3) is 0.833. The molecule has 0 unspecified atom stereocenters. The normalized spacial score (nSPS) is 11.6. The lowest BCUT2D eigenvalue weighted by molar-refractivity contribution is -0.428. The minimum absolute atomic E-state index is 0.129. The Balaban J connectivity index is 3.69. The minimum atomic E-state index is -0.988. The van der Waals surface area contributed by atoms with Crippen LogP contribution in [0.5, 0.6) is 0 Å². The van der Waals surface area contributed by atoms with Crippen molar-refractivity contribution in [2.45, 2.75) is 96.8 Å². The first-order valence-corrected chi connectivity index (χ1v) is 9.11. The molecule has 0 bridgehead atoms. The fourth-order valence-electron chi connectivity index (χ4n) is 2.57. The van der Waals surface area contributed by atoms with Crippen LogP contribution in [0.3, 0.4) is 0 Å². The highest BCUT2D eigenvalue weighted by molar-refractivity contribution is 5.63. The topological polar surface area (TPSA) is 83.3 Å². The molecular weight excluding hydrogens is 294 g/mol. The molecule has 0 saturated carbocycles. The summed E-state index contributed by atoms with van der Waals surface area (Å²) in [4.78, 5) is 21.0. The van der Waals surface area contributed by atoms with E-state index in [1.807, 2.05) is 0 Å². The average Bonchev–Trinajstić information content (AvgIpc) is 2.50. The minimum Gasteiger partial charge on any atom is -0.550 e. The smallest absolute Gasteiger partial charge is 0.242 e. The number of rotatable bonds is 16. The second-order valence-corrected chi connectivity index (χ2v) is 6.15. The number of hydrogen-bond acceptors (Lipinski definition) is 4. The number of nitrogens with zero attached hydrogens (tertiary/aromatic N) is 1. The highest BCUT2D eigenvalue weighted by Gasteiger charge is 2.09. The fourth-order valence-corrected chi connectivity index (χ4v) is 2.57. The second-order valence-electron chi connectivity index (χ2n) is 6.15. The van der Waals surface area contributed by atoms with E-state index in [0.29, 0.717) is 18.5 Å². The third-order valence-corrected chi connectivity index (χ3v) is 3.99. The number of carbonyl (C=O) groups excluding carboxylic acids is 1. The number of aliphatic carboxylic acids is 1. The monoisotopic (exact) mass is 326 g/mol. The Labute approximate surface area is 140 Å². The molecule has 0 amide bonds. The van der Waals surface area contributed by atoms with Gasteiger partial charge < -0.3 is 9.90 Å². The van der Waals surface area contributed by atoms with Crippen LogP contribution in [-0.4, -0.2) is 10.9 Å². The molecule has 0 aromatic rings. The highest BCUT2D eigenvalue weighted by atomic mass is 16.6.